The van der Waals surface area contributed by atoms with E-state index in [4.69, 9.17) is 19.3 Å². The number of anilines is 2. The SMILES string of the molecule is CC1(C)/C(=C\C=C2/CCCC(/C=C/C3N(CC(=O)NC4C(O)OC(CO)C(O)C4O)c4ccc(S(=O)(=O)O)cc4C3(C)C)=C2Oc2ccc(C[C@H](CC(=O)[C@H](Cc3ccccc3)NC(=O)CCCCCCCCC(=O)CC[C@H](NC(=O)NCCCC(=O)O)C(=O)O)C(=O)O)cc2)N(CC(=O)NC2C(O)OC(CO)C(O)C2O)c2ccccc21. The Labute approximate surface area is 683 Å². The zero-order valence-corrected chi connectivity index (χ0v) is 67.1. The van der Waals surface area contributed by atoms with Crippen LogP contribution in [0.25, 0.3) is 0 Å². The van der Waals surface area contributed by atoms with Gasteiger partial charge in [0.1, 0.15) is 78.6 Å². The van der Waals surface area contributed by atoms with Crippen LogP contribution in [0.5, 0.6) is 5.75 Å². The fourth-order valence-electron chi connectivity index (χ4n) is 15.7. The van der Waals surface area contributed by atoms with Gasteiger partial charge in [-0.15, -0.1) is 0 Å². The fourth-order valence-corrected chi connectivity index (χ4v) is 16.2. The predicted octanol–water partition coefficient (Wildman–Crippen LogP) is 3.93. The van der Waals surface area contributed by atoms with Crippen molar-refractivity contribution in [2.24, 2.45) is 5.92 Å². The first-order valence-electron chi connectivity index (χ1n) is 39.7. The van der Waals surface area contributed by atoms with Crippen molar-refractivity contribution in [2.45, 2.75) is 238 Å². The van der Waals surface area contributed by atoms with Crippen molar-refractivity contribution in [1.82, 2.24) is 26.6 Å². The van der Waals surface area contributed by atoms with Gasteiger partial charge in [0.15, 0.2) is 18.4 Å². The number of ether oxygens (including phenoxy) is 3. The molecule has 9 rings (SSSR count). The van der Waals surface area contributed by atoms with Gasteiger partial charge in [0.25, 0.3) is 10.1 Å². The van der Waals surface area contributed by atoms with E-state index in [-0.39, 0.29) is 76.0 Å². The lowest BCUT2D eigenvalue weighted by Crippen LogP contribution is -2.64. The van der Waals surface area contributed by atoms with Crippen LogP contribution in [-0.2, 0) is 81.6 Å². The number of nitrogens with one attached hydrogen (secondary N) is 5. The van der Waals surface area contributed by atoms with Crippen molar-refractivity contribution in [1.29, 1.82) is 0 Å². The number of benzene rings is 4. The lowest BCUT2D eigenvalue weighted by molar-refractivity contribution is -0.253. The van der Waals surface area contributed by atoms with Gasteiger partial charge in [-0.25, -0.2) is 9.59 Å². The molecule has 4 aliphatic heterocycles. The summed E-state index contributed by atoms with van der Waals surface area (Å²) in [6.07, 6.45) is -1.02. The monoisotopic (exact) mass is 1660 g/mol. The van der Waals surface area contributed by atoms with Crippen LogP contribution in [0, 0.1) is 5.92 Å². The van der Waals surface area contributed by atoms with E-state index in [2.05, 4.69) is 26.6 Å². The largest absolute Gasteiger partial charge is 0.481 e. The van der Waals surface area contributed by atoms with Crippen LogP contribution in [-0.4, -0.2) is 235 Å². The maximum Gasteiger partial charge on any atom is 0.326 e. The Kier molecular flexibility index (Phi) is 32.6. The maximum absolute atomic E-state index is 14.4. The van der Waals surface area contributed by atoms with Crippen LogP contribution in [0.3, 0.4) is 0 Å². The molecule has 34 heteroatoms. The number of fused-ring (bicyclic) bond motifs is 2. The highest BCUT2D eigenvalue weighted by molar-refractivity contribution is 7.85. The highest BCUT2D eigenvalue weighted by Gasteiger charge is 2.49. The molecule has 4 aromatic rings. The second-order valence-corrected chi connectivity index (χ2v) is 33.0. The number of carbonyl (C=O) groups is 9. The smallest absolute Gasteiger partial charge is 0.326 e. The molecule has 2 fully saturated rings. The van der Waals surface area contributed by atoms with Gasteiger partial charge in [-0.1, -0.05) is 132 Å². The van der Waals surface area contributed by atoms with E-state index < -0.39 is 185 Å². The summed E-state index contributed by atoms with van der Waals surface area (Å²) in [6.45, 7) is 5.27. The van der Waals surface area contributed by atoms with Crippen molar-refractivity contribution < 1.29 is 127 Å². The number of unbranched alkanes of at least 4 members (excludes halogenated alkanes) is 5. The molecule has 33 nitrogen and oxygen atoms in total. The number of hydrogen-bond acceptors (Lipinski definition) is 24. The molecule has 0 radical (unpaired) electrons. The van der Waals surface area contributed by atoms with Crippen LogP contribution >= 0.6 is 0 Å². The lowest BCUT2D eigenvalue weighted by atomic mass is 9.80. The first kappa shape index (κ1) is 92.1. The summed E-state index contributed by atoms with van der Waals surface area (Å²) < 4.78 is 53.2. The number of hydrogen-bond donors (Lipinski definition) is 17. The quantitative estimate of drug-likeness (QED) is 0.0221. The molecule has 0 spiro atoms. The standard InChI is InChI=1S/C84H109N7O26S/c1-83(2)56-23-14-15-24-60(56)90(44-68(97)88-71-75(103)73(101)63(46-92)116-80(71)109)65(83)37-29-50-20-16-21-51(30-38-66-84(3,4)57-43-55(118(112,113)114)34-36-61(57)91(66)45-69(98)89-72-76(104)74(102)64(47-93)117-81(72)110)77(50)115-54-32-27-49(28-33-54)40-52(78(105)106)42-62(95)59(41-48-18-10-9-11-19-48)86-67(96)25-13-8-6-5-7-12-22-53(94)31-35-58(79(107)108)87-82(111)85-39-17-26-70(99)100/h9-11,14-15,18-19,23-24,27-30,32-34,36-38,43,52,58-59,63-64,66,71-76,80-81,92-93,101-104,109-110H,5-8,12-13,16-17,20-22,25-26,31,35,39-42,44-47H2,1-4H3,(H,86,96)(H,88,97)(H,89,98)(H,99,100)(H,105,106)(H,107,108)(H2,85,87,111)(H,112,113,114)/b38-30+,50-29+,65-37+/t52-,58+,59+,63?,64?,66?,71?,72?,73?,74?,75?,76?,80?,81?/m1/s1. The minimum absolute atomic E-state index is 0.0301. The van der Waals surface area contributed by atoms with Gasteiger partial charge in [-0.2, -0.15) is 8.42 Å². The average molecular weight is 1660 g/mol. The lowest BCUT2D eigenvalue weighted by Gasteiger charge is -2.40. The number of nitrogens with zero attached hydrogens (tertiary/aromatic N) is 2. The predicted molar refractivity (Wildman–Crippen MR) is 427 cm³/mol. The van der Waals surface area contributed by atoms with E-state index in [1.807, 2.05) is 50.3 Å². The number of amides is 5. The number of rotatable bonds is 41. The summed E-state index contributed by atoms with van der Waals surface area (Å²) in [4.78, 5) is 120. The third-order valence-corrected chi connectivity index (χ3v) is 23.2. The molecule has 642 valence electrons. The summed E-state index contributed by atoms with van der Waals surface area (Å²) in [5, 5.41) is 126. The van der Waals surface area contributed by atoms with E-state index in [9.17, 15) is 107 Å². The average Bonchev–Trinajstić information content (AvgIpc) is 1.59. The molecule has 2 saturated heterocycles. The summed E-state index contributed by atoms with van der Waals surface area (Å²) in [7, 11) is -4.75. The van der Waals surface area contributed by atoms with E-state index in [1.54, 1.807) is 90.4 Å². The Morgan fingerprint density at radius 2 is 1.21 bits per heavy atom. The van der Waals surface area contributed by atoms with Gasteiger partial charge in [0.05, 0.1) is 42.7 Å². The van der Waals surface area contributed by atoms with Crippen molar-refractivity contribution in [3.63, 3.8) is 0 Å². The number of urea groups is 1. The number of Topliss-reactive ketones (excluding diaryl/α,β-unsaturated/α-hetero) is 2. The number of aliphatic hydroxyl groups is 8. The molecular weight excluding hydrogens is 1560 g/mol. The van der Waals surface area contributed by atoms with Gasteiger partial charge < -0.3 is 107 Å². The summed E-state index contributed by atoms with van der Waals surface area (Å²) in [6, 6.07) is 19.9. The Bertz CT molecular complexity index is 4480. The van der Waals surface area contributed by atoms with Crippen LogP contribution in [0.1, 0.15) is 153 Å². The van der Waals surface area contributed by atoms with Gasteiger partial charge in [-0.05, 0) is 134 Å². The molecule has 0 bridgehead atoms. The Balaban J connectivity index is 0.933. The number of carboxylic acid groups (broad SMARTS) is 3. The summed E-state index contributed by atoms with van der Waals surface area (Å²) in [5.41, 5.74) is 3.60. The van der Waals surface area contributed by atoms with Crippen LogP contribution in [0.2, 0.25) is 0 Å². The highest BCUT2D eigenvalue weighted by atomic mass is 32.2. The third kappa shape index (κ3) is 24.0. The molecule has 5 amide bonds. The van der Waals surface area contributed by atoms with Gasteiger partial charge in [0, 0.05) is 66.6 Å². The Hall–Kier alpha value is -9.82. The number of aliphatic carboxylic acids is 3. The minimum Gasteiger partial charge on any atom is -0.481 e. The molecule has 118 heavy (non-hydrogen) atoms. The van der Waals surface area contributed by atoms with Crippen molar-refractivity contribution in [2.75, 3.05) is 42.6 Å². The number of para-hydroxylation sites is 1. The van der Waals surface area contributed by atoms with Crippen LogP contribution in [0.4, 0.5) is 16.2 Å². The number of ketones is 2. The highest BCUT2D eigenvalue weighted by Crippen LogP contribution is 2.49. The van der Waals surface area contributed by atoms with E-state index in [0.717, 1.165) is 24.0 Å². The molecule has 4 aromatic carbocycles. The molecule has 1 aliphatic carbocycles. The zero-order chi connectivity index (χ0) is 85.9. The van der Waals surface area contributed by atoms with E-state index in [0.29, 0.717) is 90.0 Å². The minimum atomic E-state index is -4.75. The number of allylic oxidation sites excluding steroid dienone is 6. The number of aliphatic hydroxyl groups excluding tert-OH is 8. The van der Waals surface area contributed by atoms with Crippen molar-refractivity contribution in [3.8, 4) is 5.75 Å². The van der Waals surface area contributed by atoms with E-state index >= 15 is 0 Å². The van der Waals surface area contributed by atoms with Crippen molar-refractivity contribution in [3.05, 3.63) is 166 Å². The summed E-state index contributed by atoms with van der Waals surface area (Å²) in [5.74, 6) is -6.73. The van der Waals surface area contributed by atoms with Gasteiger partial charge in [0.2, 0.25) is 17.7 Å². The summed E-state index contributed by atoms with van der Waals surface area (Å²) >= 11 is 0. The molecular formula is C84H109N7O26S. The van der Waals surface area contributed by atoms with Crippen molar-refractivity contribution >= 4 is 74.7 Å². The second kappa shape index (κ2) is 41.7. The molecule has 0 aromatic heterocycles. The molecule has 5 aliphatic rings. The molecule has 17 N–H and O–H groups in total. The normalized spacial score (nSPS) is 24.2. The van der Waals surface area contributed by atoms with Gasteiger partial charge in [-0.3, -0.25) is 38.1 Å². The molecule has 14 atom stereocenters. The van der Waals surface area contributed by atoms with E-state index in [1.165, 1.54) is 18.2 Å². The first-order chi connectivity index (χ1) is 56.0. The topological polar surface area (TPSA) is 525 Å². The third-order valence-electron chi connectivity index (χ3n) is 22.3. The maximum atomic E-state index is 14.4. The number of carbonyl (C=O) groups excluding carboxylic acids is 6. The Morgan fingerprint density at radius 3 is 1.82 bits per heavy atom. The second-order valence-electron chi connectivity index (χ2n) is 31.6. The zero-order valence-electron chi connectivity index (χ0n) is 66.3. The first-order valence-corrected chi connectivity index (χ1v) is 41.1. The fraction of sp³-hybridized carbons (Fsp3) is 0.512. The molecule has 0 saturated carbocycles. The Morgan fingerprint density at radius 1 is 0.610 bits per heavy atom. The van der Waals surface area contributed by atoms with Crippen LogP contribution in [0.15, 0.2) is 149 Å². The number of carboxylic acids is 3. The molecule has 4 heterocycles. The van der Waals surface area contributed by atoms with Crippen LogP contribution < -0.4 is 41.1 Å². The van der Waals surface area contributed by atoms with Gasteiger partial charge >= 0.3 is 23.9 Å². The molecule has 11 unspecified atom stereocenters.